The van der Waals surface area contributed by atoms with Gasteiger partial charge in [0, 0.05) is 30.2 Å². The van der Waals surface area contributed by atoms with E-state index in [1.807, 2.05) is 0 Å². The molecular formula is C16H10FN5O. The van der Waals surface area contributed by atoms with Crippen LogP contribution >= 0.6 is 0 Å². The lowest BCUT2D eigenvalue weighted by molar-refractivity contribution is 0.628. The molecule has 0 unspecified atom stereocenters. The molecule has 3 aromatic heterocycles. The van der Waals surface area contributed by atoms with Gasteiger partial charge in [-0.1, -0.05) is 12.1 Å². The Kier molecular flexibility index (Phi) is 2.97. The minimum atomic E-state index is -0.320. The van der Waals surface area contributed by atoms with Crippen molar-refractivity contribution >= 4 is 5.65 Å². The molecule has 0 aliphatic rings. The van der Waals surface area contributed by atoms with Gasteiger partial charge in [0.15, 0.2) is 5.65 Å². The smallest absolute Gasteiger partial charge is 0.273 e. The molecule has 112 valence electrons. The maximum Gasteiger partial charge on any atom is 0.273 e. The average Bonchev–Trinajstić information content (AvgIpc) is 3.01. The van der Waals surface area contributed by atoms with E-state index >= 15 is 0 Å². The average molecular weight is 307 g/mol. The monoisotopic (exact) mass is 307 g/mol. The van der Waals surface area contributed by atoms with Crippen LogP contribution in [0.5, 0.6) is 0 Å². The summed E-state index contributed by atoms with van der Waals surface area (Å²) in [6.07, 6.45) is 6.30. The van der Waals surface area contributed by atoms with Crippen LogP contribution in [-0.4, -0.2) is 24.6 Å². The second kappa shape index (κ2) is 5.13. The van der Waals surface area contributed by atoms with Gasteiger partial charge in [-0.25, -0.2) is 13.9 Å². The third-order valence-electron chi connectivity index (χ3n) is 3.48. The molecule has 23 heavy (non-hydrogen) atoms. The van der Waals surface area contributed by atoms with Gasteiger partial charge >= 0.3 is 0 Å². The standard InChI is InChI=1S/C16H10FN5O/c17-11-3-1-10(2-4-11)12-8-20-22-15(23)7-13(21-16(12)22)14-9-18-5-6-19-14/h1-9,20H. The fourth-order valence-corrected chi connectivity index (χ4v) is 2.39. The molecule has 0 fully saturated rings. The summed E-state index contributed by atoms with van der Waals surface area (Å²) in [6, 6.07) is 7.40. The molecule has 0 aliphatic carbocycles. The largest absolute Gasteiger partial charge is 0.296 e. The number of H-pyrrole nitrogens is 1. The van der Waals surface area contributed by atoms with Gasteiger partial charge in [0.25, 0.3) is 5.56 Å². The molecule has 1 aromatic carbocycles. The minimum Gasteiger partial charge on any atom is -0.296 e. The number of fused-ring (bicyclic) bond motifs is 1. The molecule has 7 heteroatoms. The first kappa shape index (κ1) is 13.3. The Bertz CT molecular complexity index is 1040. The van der Waals surface area contributed by atoms with Crippen molar-refractivity contribution in [2.75, 3.05) is 0 Å². The van der Waals surface area contributed by atoms with Crippen LogP contribution in [0.4, 0.5) is 4.39 Å². The Labute approximate surface area is 129 Å². The highest BCUT2D eigenvalue weighted by Gasteiger charge is 2.12. The number of aromatic amines is 1. The number of nitrogens with one attached hydrogen (secondary N) is 1. The first-order chi connectivity index (χ1) is 11.2. The number of rotatable bonds is 2. The van der Waals surface area contributed by atoms with Gasteiger partial charge in [0.2, 0.25) is 0 Å². The van der Waals surface area contributed by atoms with Crippen LogP contribution in [0.2, 0.25) is 0 Å². The van der Waals surface area contributed by atoms with Gasteiger partial charge in [0.1, 0.15) is 11.5 Å². The zero-order valence-corrected chi connectivity index (χ0v) is 11.8. The van der Waals surface area contributed by atoms with E-state index in [0.29, 0.717) is 22.6 Å². The molecule has 3 heterocycles. The molecule has 0 aliphatic heterocycles. The van der Waals surface area contributed by atoms with Crippen LogP contribution in [0.25, 0.3) is 28.2 Å². The Balaban J connectivity index is 1.96. The van der Waals surface area contributed by atoms with E-state index < -0.39 is 0 Å². The zero-order valence-electron chi connectivity index (χ0n) is 11.8. The Morgan fingerprint density at radius 2 is 1.91 bits per heavy atom. The molecule has 0 amide bonds. The van der Waals surface area contributed by atoms with Crippen LogP contribution in [0.15, 0.2) is 59.9 Å². The van der Waals surface area contributed by atoms with Crippen molar-refractivity contribution in [1.82, 2.24) is 24.6 Å². The second-order valence-electron chi connectivity index (χ2n) is 4.92. The van der Waals surface area contributed by atoms with Gasteiger partial charge in [-0.05, 0) is 17.7 Å². The SMILES string of the molecule is O=c1cc(-c2cnccn2)nc2c(-c3ccc(F)cc3)c[nH]n12. The Morgan fingerprint density at radius 1 is 1.09 bits per heavy atom. The summed E-state index contributed by atoms with van der Waals surface area (Å²) in [7, 11) is 0. The number of hydrogen-bond acceptors (Lipinski definition) is 4. The number of halogens is 1. The molecular weight excluding hydrogens is 297 g/mol. The van der Waals surface area contributed by atoms with Crippen molar-refractivity contribution in [2.24, 2.45) is 0 Å². The molecule has 0 bridgehead atoms. The number of aromatic nitrogens is 5. The fraction of sp³-hybridized carbons (Fsp3) is 0. The van der Waals surface area contributed by atoms with E-state index in [1.54, 1.807) is 30.7 Å². The summed E-state index contributed by atoms with van der Waals surface area (Å²) in [5.41, 5.74) is 2.60. The number of benzene rings is 1. The van der Waals surface area contributed by atoms with E-state index in [9.17, 15) is 9.18 Å². The lowest BCUT2D eigenvalue weighted by atomic mass is 10.1. The lowest BCUT2D eigenvalue weighted by Crippen LogP contribution is -2.14. The molecule has 6 nitrogen and oxygen atoms in total. The lowest BCUT2D eigenvalue weighted by Gasteiger charge is -2.02. The van der Waals surface area contributed by atoms with E-state index in [4.69, 9.17) is 0 Å². The summed E-state index contributed by atoms with van der Waals surface area (Å²) in [4.78, 5) is 24.9. The van der Waals surface area contributed by atoms with Gasteiger partial charge < -0.3 is 0 Å². The maximum atomic E-state index is 13.1. The molecule has 0 radical (unpaired) electrons. The first-order valence-corrected chi connectivity index (χ1v) is 6.86. The van der Waals surface area contributed by atoms with Crippen LogP contribution in [0.3, 0.4) is 0 Å². The van der Waals surface area contributed by atoms with Gasteiger partial charge in [0.05, 0.1) is 11.9 Å². The van der Waals surface area contributed by atoms with E-state index in [0.717, 1.165) is 5.56 Å². The van der Waals surface area contributed by atoms with E-state index in [2.05, 4.69) is 20.1 Å². The Morgan fingerprint density at radius 3 is 2.65 bits per heavy atom. The highest BCUT2D eigenvalue weighted by Crippen LogP contribution is 2.24. The van der Waals surface area contributed by atoms with Gasteiger partial charge in [-0.15, -0.1) is 0 Å². The molecule has 0 spiro atoms. The third-order valence-corrected chi connectivity index (χ3v) is 3.48. The van der Waals surface area contributed by atoms with Crippen molar-refractivity contribution in [3.8, 4) is 22.5 Å². The number of hydrogen-bond donors (Lipinski definition) is 1. The van der Waals surface area contributed by atoms with Gasteiger partial charge in [-0.2, -0.15) is 0 Å². The molecule has 4 rings (SSSR count). The zero-order chi connectivity index (χ0) is 15.8. The summed E-state index contributed by atoms with van der Waals surface area (Å²) in [6.45, 7) is 0. The molecule has 4 aromatic rings. The highest BCUT2D eigenvalue weighted by atomic mass is 19.1. The van der Waals surface area contributed by atoms with Crippen molar-refractivity contribution in [3.05, 3.63) is 71.3 Å². The fourth-order valence-electron chi connectivity index (χ4n) is 2.39. The normalized spacial score (nSPS) is 11.0. The minimum absolute atomic E-state index is 0.260. The van der Waals surface area contributed by atoms with E-state index in [1.165, 1.54) is 28.9 Å². The van der Waals surface area contributed by atoms with Crippen LogP contribution in [-0.2, 0) is 0 Å². The van der Waals surface area contributed by atoms with Crippen LogP contribution < -0.4 is 5.56 Å². The molecule has 0 saturated carbocycles. The summed E-state index contributed by atoms with van der Waals surface area (Å²) >= 11 is 0. The molecule has 0 saturated heterocycles. The van der Waals surface area contributed by atoms with Crippen molar-refractivity contribution in [3.63, 3.8) is 0 Å². The third kappa shape index (κ3) is 2.28. The maximum absolute atomic E-state index is 13.1. The van der Waals surface area contributed by atoms with Crippen LogP contribution in [0, 0.1) is 5.82 Å². The molecule has 1 N–H and O–H groups in total. The Hall–Kier alpha value is -3.35. The molecule has 0 atom stereocenters. The second-order valence-corrected chi connectivity index (χ2v) is 4.92. The summed E-state index contributed by atoms with van der Waals surface area (Å²) < 4.78 is 14.4. The number of nitrogens with zero attached hydrogens (tertiary/aromatic N) is 4. The summed E-state index contributed by atoms with van der Waals surface area (Å²) in [5, 5.41) is 2.86. The van der Waals surface area contributed by atoms with Crippen LogP contribution in [0.1, 0.15) is 0 Å². The van der Waals surface area contributed by atoms with Crippen molar-refractivity contribution < 1.29 is 4.39 Å². The predicted octanol–water partition coefficient (Wildman–Crippen LogP) is 2.29. The van der Waals surface area contributed by atoms with Crippen molar-refractivity contribution in [1.29, 1.82) is 0 Å². The highest BCUT2D eigenvalue weighted by molar-refractivity contribution is 5.78. The van der Waals surface area contributed by atoms with Crippen molar-refractivity contribution in [2.45, 2.75) is 0 Å². The first-order valence-electron chi connectivity index (χ1n) is 6.86. The van der Waals surface area contributed by atoms with E-state index in [-0.39, 0.29) is 11.4 Å². The quantitative estimate of drug-likeness (QED) is 0.616. The summed E-state index contributed by atoms with van der Waals surface area (Å²) in [5.74, 6) is -0.320. The van der Waals surface area contributed by atoms with Gasteiger partial charge in [-0.3, -0.25) is 19.9 Å². The predicted molar refractivity (Wildman–Crippen MR) is 82.2 cm³/mol. The topological polar surface area (TPSA) is 75.9 Å².